The van der Waals surface area contributed by atoms with E-state index in [1.807, 2.05) is 67.6 Å². The maximum Gasteiger partial charge on any atom is 0.253 e. The van der Waals surface area contributed by atoms with Gasteiger partial charge in [0.05, 0.1) is 5.52 Å². The number of hydrogen-bond acceptors (Lipinski definition) is 4. The van der Waals surface area contributed by atoms with Crippen molar-refractivity contribution in [2.75, 3.05) is 0 Å². The van der Waals surface area contributed by atoms with Crippen molar-refractivity contribution in [2.24, 2.45) is 0 Å². The lowest BCUT2D eigenvalue weighted by molar-refractivity contribution is 0.0927. The summed E-state index contributed by atoms with van der Waals surface area (Å²) in [6.07, 6.45) is 2.91. The molecule has 6 heteroatoms. The molecule has 2 heterocycles. The number of amides is 1. The molecule has 1 amide bonds. The van der Waals surface area contributed by atoms with Crippen molar-refractivity contribution in [1.82, 2.24) is 25.3 Å². The van der Waals surface area contributed by atoms with Gasteiger partial charge in [0, 0.05) is 23.5 Å². The quantitative estimate of drug-likeness (QED) is 0.618. The van der Waals surface area contributed by atoms with E-state index in [0.717, 1.165) is 22.2 Å². The smallest absolute Gasteiger partial charge is 0.253 e. The number of aromatic nitrogens is 4. The molecule has 2 aromatic carbocycles. The molecule has 0 saturated carbocycles. The largest absolute Gasteiger partial charge is 0.326 e. The van der Waals surface area contributed by atoms with Crippen LogP contribution in [0.3, 0.4) is 0 Å². The second-order valence-electron chi connectivity index (χ2n) is 6.05. The van der Waals surface area contributed by atoms with E-state index in [1.165, 1.54) is 0 Å². The van der Waals surface area contributed by atoms with Crippen LogP contribution in [0.25, 0.3) is 11.0 Å². The summed E-state index contributed by atoms with van der Waals surface area (Å²) >= 11 is 0. The fourth-order valence-electron chi connectivity index (χ4n) is 2.81. The first kappa shape index (κ1) is 16.0. The highest BCUT2D eigenvalue weighted by Crippen LogP contribution is 2.20. The van der Waals surface area contributed by atoms with E-state index in [2.05, 4.69) is 20.6 Å². The molecule has 0 fully saturated rings. The number of nitrogens with one attached hydrogen (secondary N) is 1. The summed E-state index contributed by atoms with van der Waals surface area (Å²) in [7, 11) is 0. The molecule has 0 aliphatic carbocycles. The predicted molar refractivity (Wildman–Crippen MR) is 98.5 cm³/mol. The van der Waals surface area contributed by atoms with E-state index in [4.69, 9.17) is 0 Å². The summed E-state index contributed by atoms with van der Waals surface area (Å²) in [6.45, 7) is 1.99. The lowest BCUT2D eigenvalue weighted by Gasteiger charge is -2.19. The van der Waals surface area contributed by atoms with Gasteiger partial charge >= 0.3 is 0 Å². The molecule has 26 heavy (non-hydrogen) atoms. The fraction of sp³-hybridized carbons (Fsp3) is 0.100. The van der Waals surface area contributed by atoms with Gasteiger partial charge < -0.3 is 5.32 Å². The van der Waals surface area contributed by atoms with Gasteiger partial charge in [0.15, 0.2) is 6.17 Å². The Labute approximate surface area is 150 Å². The average Bonchev–Trinajstić information content (AvgIpc) is 3.11. The lowest BCUT2D eigenvalue weighted by atomic mass is 10.1. The molecule has 4 rings (SSSR count). The van der Waals surface area contributed by atoms with Gasteiger partial charge in [0.25, 0.3) is 5.91 Å². The third-order valence-corrected chi connectivity index (χ3v) is 4.20. The van der Waals surface area contributed by atoms with Crippen molar-refractivity contribution >= 4 is 16.9 Å². The minimum absolute atomic E-state index is 0.182. The molecule has 0 bridgehead atoms. The summed E-state index contributed by atoms with van der Waals surface area (Å²) in [5, 5.41) is 11.5. The fourth-order valence-corrected chi connectivity index (χ4v) is 2.81. The Kier molecular flexibility index (Phi) is 4.15. The number of aryl methyl sites for hydroxylation is 1. The van der Waals surface area contributed by atoms with Gasteiger partial charge in [0.1, 0.15) is 5.52 Å². The Morgan fingerprint density at radius 1 is 1.04 bits per heavy atom. The number of nitrogens with zero attached hydrogens (tertiary/aromatic N) is 4. The summed E-state index contributed by atoms with van der Waals surface area (Å²) in [5.74, 6) is -0.182. The topological polar surface area (TPSA) is 72.7 Å². The molecule has 0 spiro atoms. The Hall–Kier alpha value is -3.54. The van der Waals surface area contributed by atoms with Crippen LogP contribution in [0.2, 0.25) is 0 Å². The van der Waals surface area contributed by atoms with Crippen LogP contribution in [0.4, 0.5) is 0 Å². The Morgan fingerprint density at radius 2 is 1.85 bits per heavy atom. The van der Waals surface area contributed by atoms with Crippen molar-refractivity contribution in [3.8, 4) is 0 Å². The second-order valence-corrected chi connectivity index (χ2v) is 6.05. The molecule has 1 atom stereocenters. The number of para-hydroxylation sites is 1. The van der Waals surface area contributed by atoms with Crippen LogP contribution < -0.4 is 5.32 Å². The summed E-state index contributed by atoms with van der Waals surface area (Å²) in [5.41, 5.74) is 4.13. The molecule has 0 radical (unpaired) electrons. The van der Waals surface area contributed by atoms with E-state index in [1.54, 1.807) is 17.1 Å². The van der Waals surface area contributed by atoms with E-state index < -0.39 is 6.17 Å². The van der Waals surface area contributed by atoms with Crippen molar-refractivity contribution in [3.63, 3.8) is 0 Å². The summed E-state index contributed by atoms with van der Waals surface area (Å²) < 4.78 is 1.71. The molecule has 1 N–H and O–H groups in total. The van der Waals surface area contributed by atoms with Gasteiger partial charge in [-0.1, -0.05) is 41.1 Å². The highest BCUT2D eigenvalue weighted by molar-refractivity contribution is 5.94. The van der Waals surface area contributed by atoms with Crippen LogP contribution >= 0.6 is 0 Å². The standard InChI is InChI=1S/C20H17N5O/c1-14-8-10-15(11-9-14)20(26)22-19(16-5-4-12-21-13-16)25-18-7-3-2-6-17(18)23-24-25/h2-13,19H,1H3,(H,22,26). The predicted octanol–water partition coefficient (Wildman–Crippen LogP) is 3.11. The van der Waals surface area contributed by atoms with Crippen LogP contribution in [0, 0.1) is 6.92 Å². The molecule has 0 aliphatic rings. The molecule has 2 aromatic heterocycles. The van der Waals surface area contributed by atoms with Gasteiger partial charge in [-0.3, -0.25) is 9.78 Å². The van der Waals surface area contributed by atoms with E-state index in [0.29, 0.717) is 5.56 Å². The van der Waals surface area contributed by atoms with Gasteiger partial charge in [-0.15, -0.1) is 5.10 Å². The van der Waals surface area contributed by atoms with Crippen LogP contribution in [0.15, 0.2) is 73.1 Å². The number of carbonyl (C=O) groups excluding carboxylic acids is 1. The molecule has 0 aliphatic heterocycles. The zero-order valence-corrected chi connectivity index (χ0v) is 14.2. The molecule has 1 unspecified atom stereocenters. The number of fused-ring (bicyclic) bond motifs is 1. The minimum Gasteiger partial charge on any atom is -0.326 e. The number of rotatable bonds is 4. The van der Waals surface area contributed by atoms with Crippen molar-refractivity contribution in [1.29, 1.82) is 0 Å². The first-order valence-corrected chi connectivity index (χ1v) is 8.30. The van der Waals surface area contributed by atoms with Crippen molar-refractivity contribution in [3.05, 3.63) is 89.7 Å². The molecular formula is C20H17N5O. The average molecular weight is 343 g/mol. The first-order valence-electron chi connectivity index (χ1n) is 8.30. The van der Waals surface area contributed by atoms with Crippen LogP contribution in [0.5, 0.6) is 0 Å². The van der Waals surface area contributed by atoms with Crippen molar-refractivity contribution < 1.29 is 4.79 Å². The van der Waals surface area contributed by atoms with E-state index >= 15 is 0 Å². The highest BCUT2D eigenvalue weighted by atomic mass is 16.1. The lowest BCUT2D eigenvalue weighted by Crippen LogP contribution is -2.34. The van der Waals surface area contributed by atoms with Gasteiger partial charge in [-0.2, -0.15) is 0 Å². The molecule has 0 saturated heterocycles. The van der Waals surface area contributed by atoms with Gasteiger partial charge in [0.2, 0.25) is 0 Å². The minimum atomic E-state index is -0.509. The normalized spacial score (nSPS) is 12.0. The van der Waals surface area contributed by atoms with Crippen LogP contribution in [-0.2, 0) is 0 Å². The monoisotopic (exact) mass is 343 g/mol. The highest BCUT2D eigenvalue weighted by Gasteiger charge is 2.21. The Bertz CT molecular complexity index is 1040. The first-order chi connectivity index (χ1) is 12.7. The van der Waals surface area contributed by atoms with Gasteiger partial charge in [-0.25, -0.2) is 4.68 Å². The maximum absolute atomic E-state index is 12.8. The number of pyridine rings is 1. The molecular weight excluding hydrogens is 326 g/mol. The third kappa shape index (κ3) is 3.04. The van der Waals surface area contributed by atoms with Crippen LogP contribution in [0.1, 0.15) is 27.7 Å². The van der Waals surface area contributed by atoms with Crippen molar-refractivity contribution in [2.45, 2.75) is 13.1 Å². The number of benzene rings is 2. The number of carbonyl (C=O) groups is 1. The zero-order chi connectivity index (χ0) is 17.9. The Balaban J connectivity index is 1.74. The third-order valence-electron chi connectivity index (χ3n) is 4.20. The molecule has 4 aromatic rings. The SMILES string of the molecule is Cc1ccc(C(=O)NC(c2cccnc2)n2nnc3ccccc32)cc1. The summed E-state index contributed by atoms with van der Waals surface area (Å²) in [6, 6.07) is 18.8. The number of hydrogen-bond donors (Lipinski definition) is 1. The van der Waals surface area contributed by atoms with Gasteiger partial charge in [-0.05, 0) is 37.3 Å². The molecule has 6 nitrogen and oxygen atoms in total. The van der Waals surface area contributed by atoms with E-state index in [9.17, 15) is 4.79 Å². The van der Waals surface area contributed by atoms with Crippen LogP contribution in [-0.4, -0.2) is 25.9 Å². The Morgan fingerprint density at radius 3 is 2.62 bits per heavy atom. The maximum atomic E-state index is 12.8. The zero-order valence-electron chi connectivity index (χ0n) is 14.2. The molecule has 128 valence electrons. The summed E-state index contributed by atoms with van der Waals surface area (Å²) in [4.78, 5) is 17.0. The van der Waals surface area contributed by atoms with E-state index in [-0.39, 0.29) is 5.91 Å². The second kappa shape index (κ2) is 6.76.